The lowest BCUT2D eigenvalue weighted by Gasteiger charge is -2.40. The average Bonchev–Trinajstić information content (AvgIpc) is 2.34. The van der Waals surface area contributed by atoms with E-state index in [1.54, 1.807) is 18.2 Å². The van der Waals surface area contributed by atoms with Gasteiger partial charge < -0.3 is 10.8 Å². The molecule has 0 bridgehead atoms. The van der Waals surface area contributed by atoms with Crippen molar-refractivity contribution in [3.8, 4) is 5.75 Å². The number of aromatic hydroxyl groups is 1. The summed E-state index contributed by atoms with van der Waals surface area (Å²) in [5.41, 5.74) is 5.78. The molecular weight excluding hydrogens is 260 g/mol. The molecule has 1 aromatic rings. The van der Waals surface area contributed by atoms with Gasteiger partial charge in [-0.05, 0) is 18.9 Å². The topological polar surface area (TPSA) is 46.2 Å². The van der Waals surface area contributed by atoms with Crippen molar-refractivity contribution in [2.75, 3.05) is 6.54 Å². The number of hydrogen-bond donors (Lipinski definition) is 2. The van der Waals surface area contributed by atoms with E-state index in [9.17, 15) is 13.9 Å². The third kappa shape index (κ3) is 2.31. The van der Waals surface area contributed by atoms with E-state index in [1.165, 1.54) is 0 Å². The number of phenols is 1. The predicted octanol–water partition coefficient (Wildman–Crippen LogP) is 3.45. The third-order valence-electron chi connectivity index (χ3n) is 3.89. The highest BCUT2D eigenvalue weighted by Gasteiger charge is 2.44. The minimum Gasteiger partial charge on any atom is -0.506 e. The zero-order valence-electron chi connectivity index (χ0n) is 9.93. The van der Waals surface area contributed by atoms with Gasteiger partial charge in [0, 0.05) is 30.4 Å². The Labute approximate surface area is 110 Å². The van der Waals surface area contributed by atoms with E-state index < -0.39 is 11.3 Å². The van der Waals surface area contributed by atoms with Crippen molar-refractivity contribution in [2.45, 2.75) is 37.0 Å². The lowest BCUT2D eigenvalue weighted by atomic mass is 9.68. The fraction of sp³-hybridized carbons (Fsp3) is 0.538. The second-order valence-corrected chi connectivity index (χ2v) is 5.38. The SMILES string of the molecule is NCC1(c2cccc(Cl)c2O)CCC(F)(F)CC1. The van der Waals surface area contributed by atoms with Crippen molar-refractivity contribution in [3.63, 3.8) is 0 Å². The van der Waals surface area contributed by atoms with Crippen molar-refractivity contribution in [1.82, 2.24) is 0 Å². The minimum atomic E-state index is -2.62. The summed E-state index contributed by atoms with van der Waals surface area (Å²) in [7, 11) is 0. The molecule has 0 spiro atoms. The van der Waals surface area contributed by atoms with E-state index >= 15 is 0 Å². The number of benzene rings is 1. The van der Waals surface area contributed by atoms with Crippen molar-refractivity contribution >= 4 is 11.6 Å². The molecule has 18 heavy (non-hydrogen) atoms. The summed E-state index contributed by atoms with van der Waals surface area (Å²) < 4.78 is 26.5. The molecule has 0 heterocycles. The summed E-state index contributed by atoms with van der Waals surface area (Å²) in [6, 6.07) is 5.00. The zero-order valence-corrected chi connectivity index (χ0v) is 10.7. The molecule has 0 aromatic heterocycles. The second-order valence-electron chi connectivity index (χ2n) is 4.98. The number of nitrogens with two attached hydrogens (primary N) is 1. The van der Waals surface area contributed by atoms with Crippen molar-refractivity contribution in [3.05, 3.63) is 28.8 Å². The minimum absolute atomic E-state index is 0.0326. The van der Waals surface area contributed by atoms with Crippen molar-refractivity contribution in [1.29, 1.82) is 0 Å². The van der Waals surface area contributed by atoms with Crippen LogP contribution in [0, 0.1) is 0 Å². The van der Waals surface area contributed by atoms with Gasteiger partial charge in [-0.15, -0.1) is 0 Å². The Morgan fingerprint density at radius 1 is 1.22 bits per heavy atom. The van der Waals surface area contributed by atoms with E-state index in [1.807, 2.05) is 0 Å². The number of rotatable bonds is 2. The van der Waals surface area contributed by atoms with Crippen LogP contribution in [0.15, 0.2) is 18.2 Å². The normalized spacial score (nSPS) is 21.8. The summed E-state index contributed by atoms with van der Waals surface area (Å²) in [5.74, 6) is -2.65. The number of para-hydroxylation sites is 1. The third-order valence-corrected chi connectivity index (χ3v) is 4.19. The van der Waals surface area contributed by atoms with Gasteiger partial charge in [-0.1, -0.05) is 23.7 Å². The van der Waals surface area contributed by atoms with Gasteiger partial charge in [0.2, 0.25) is 5.92 Å². The van der Waals surface area contributed by atoms with Crippen LogP contribution in [0.2, 0.25) is 5.02 Å². The Morgan fingerprint density at radius 3 is 2.39 bits per heavy atom. The maximum absolute atomic E-state index is 13.3. The highest BCUT2D eigenvalue weighted by Crippen LogP contribution is 2.48. The second kappa shape index (κ2) is 4.67. The van der Waals surface area contributed by atoms with E-state index in [-0.39, 0.29) is 43.0 Å². The first-order valence-corrected chi connectivity index (χ1v) is 6.34. The Balaban J connectivity index is 2.37. The Kier molecular flexibility index (Phi) is 3.52. The van der Waals surface area contributed by atoms with E-state index in [0.717, 1.165) is 0 Å². The van der Waals surface area contributed by atoms with Crippen molar-refractivity contribution in [2.24, 2.45) is 5.73 Å². The van der Waals surface area contributed by atoms with Crippen LogP contribution in [0.4, 0.5) is 8.78 Å². The molecule has 3 N–H and O–H groups in total. The molecule has 0 atom stereocenters. The summed E-state index contributed by atoms with van der Waals surface area (Å²) in [4.78, 5) is 0. The van der Waals surface area contributed by atoms with Gasteiger partial charge in [-0.3, -0.25) is 0 Å². The molecule has 1 aromatic carbocycles. The lowest BCUT2D eigenvalue weighted by Crippen LogP contribution is -2.42. The summed E-state index contributed by atoms with van der Waals surface area (Å²) in [5, 5.41) is 10.2. The summed E-state index contributed by atoms with van der Waals surface area (Å²) in [6.45, 7) is 0.233. The first kappa shape index (κ1) is 13.6. The molecular formula is C13H16ClF2NO. The quantitative estimate of drug-likeness (QED) is 0.868. The number of alkyl halides is 2. The van der Waals surface area contributed by atoms with Gasteiger partial charge in [-0.25, -0.2) is 8.78 Å². The Hall–Kier alpha value is -0.870. The highest BCUT2D eigenvalue weighted by atomic mass is 35.5. The monoisotopic (exact) mass is 275 g/mol. The van der Waals surface area contributed by atoms with Crippen molar-refractivity contribution < 1.29 is 13.9 Å². The van der Waals surface area contributed by atoms with Crippen LogP contribution in [0.5, 0.6) is 5.75 Å². The highest BCUT2D eigenvalue weighted by molar-refractivity contribution is 6.32. The van der Waals surface area contributed by atoms with E-state index in [0.29, 0.717) is 5.56 Å². The van der Waals surface area contributed by atoms with Gasteiger partial charge in [0.15, 0.2) is 0 Å². The van der Waals surface area contributed by atoms with Crippen LogP contribution in [-0.2, 0) is 5.41 Å². The maximum Gasteiger partial charge on any atom is 0.248 e. The molecule has 1 saturated carbocycles. The number of hydrogen-bond acceptors (Lipinski definition) is 2. The first-order valence-electron chi connectivity index (χ1n) is 5.96. The maximum atomic E-state index is 13.3. The molecule has 5 heteroatoms. The molecule has 0 unspecified atom stereocenters. The molecule has 0 radical (unpaired) electrons. The Morgan fingerprint density at radius 2 is 1.83 bits per heavy atom. The van der Waals surface area contributed by atoms with Crippen LogP contribution >= 0.6 is 11.6 Å². The molecule has 2 rings (SSSR count). The Bertz CT molecular complexity index is 441. The number of halogens is 3. The fourth-order valence-corrected chi connectivity index (χ4v) is 2.80. The molecule has 1 aliphatic rings. The van der Waals surface area contributed by atoms with Crippen LogP contribution in [0.3, 0.4) is 0 Å². The van der Waals surface area contributed by atoms with Crippen LogP contribution in [0.25, 0.3) is 0 Å². The fourth-order valence-electron chi connectivity index (χ4n) is 2.62. The molecule has 0 amide bonds. The molecule has 100 valence electrons. The molecule has 0 aliphatic heterocycles. The van der Waals surface area contributed by atoms with Crippen LogP contribution in [0.1, 0.15) is 31.2 Å². The number of phenolic OH excluding ortho intramolecular Hbond substituents is 1. The van der Waals surface area contributed by atoms with Gasteiger partial charge in [0.25, 0.3) is 0 Å². The zero-order chi connectivity index (χ0) is 13.4. The largest absolute Gasteiger partial charge is 0.506 e. The summed E-state index contributed by atoms with van der Waals surface area (Å²) in [6.07, 6.45) is 0.140. The standard InChI is InChI=1S/C13H16ClF2NO/c14-10-3-1-2-9(11(10)18)12(8-17)4-6-13(15,16)7-5-12/h1-3,18H,4-8,17H2. The van der Waals surface area contributed by atoms with E-state index in [4.69, 9.17) is 17.3 Å². The van der Waals surface area contributed by atoms with Gasteiger partial charge in [0.1, 0.15) is 5.75 Å². The molecule has 0 saturated heterocycles. The smallest absolute Gasteiger partial charge is 0.248 e. The first-order chi connectivity index (χ1) is 8.40. The average molecular weight is 276 g/mol. The summed E-state index contributed by atoms with van der Waals surface area (Å²) >= 11 is 5.87. The van der Waals surface area contributed by atoms with Crippen LogP contribution in [-0.4, -0.2) is 17.6 Å². The molecule has 1 fully saturated rings. The van der Waals surface area contributed by atoms with Gasteiger partial charge in [0.05, 0.1) is 5.02 Å². The van der Waals surface area contributed by atoms with E-state index in [2.05, 4.69) is 0 Å². The molecule has 2 nitrogen and oxygen atoms in total. The molecule has 1 aliphatic carbocycles. The van der Waals surface area contributed by atoms with Gasteiger partial charge in [-0.2, -0.15) is 0 Å². The van der Waals surface area contributed by atoms with Crippen LogP contribution < -0.4 is 5.73 Å². The predicted molar refractivity (Wildman–Crippen MR) is 67.3 cm³/mol. The lowest BCUT2D eigenvalue weighted by molar-refractivity contribution is -0.0511. The van der Waals surface area contributed by atoms with Gasteiger partial charge >= 0.3 is 0 Å².